The molecule has 1 saturated carbocycles. The SMILES string of the molecule is CC1CCc2cc(C3CCC(C)C(C)C3)ccc2N1. The molecule has 1 heterocycles. The van der Waals surface area contributed by atoms with E-state index in [4.69, 9.17) is 0 Å². The molecule has 2 aliphatic rings. The largest absolute Gasteiger partial charge is 0.382 e. The molecule has 3 rings (SSSR count). The summed E-state index contributed by atoms with van der Waals surface area (Å²) in [4.78, 5) is 0. The second-order valence-corrected chi connectivity index (χ2v) is 6.97. The van der Waals surface area contributed by atoms with E-state index in [-0.39, 0.29) is 0 Å². The predicted molar refractivity (Wildman–Crippen MR) is 82.8 cm³/mol. The summed E-state index contributed by atoms with van der Waals surface area (Å²) in [5.41, 5.74) is 4.51. The first-order valence-corrected chi connectivity index (χ1v) is 8.03. The van der Waals surface area contributed by atoms with Gasteiger partial charge in [0.15, 0.2) is 0 Å². The summed E-state index contributed by atoms with van der Waals surface area (Å²) in [6.07, 6.45) is 6.68. The van der Waals surface area contributed by atoms with Gasteiger partial charge in [0.05, 0.1) is 0 Å². The van der Waals surface area contributed by atoms with Gasteiger partial charge in [-0.25, -0.2) is 0 Å². The van der Waals surface area contributed by atoms with Gasteiger partial charge >= 0.3 is 0 Å². The zero-order chi connectivity index (χ0) is 13.4. The first-order chi connectivity index (χ1) is 9.13. The second kappa shape index (κ2) is 5.19. The van der Waals surface area contributed by atoms with Crippen LogP contribution in [0.2, 0.25) is 0 Å². The zero-order valence-electron chi connectivity index (χ0n) is 12.6. The molecular weight excluding hydrogens is 230 g/mol. The van der Waals surface area contributed by atoms with Crippen LogP contribution in [0.4, 0.5) is 5.69 Å². The maximum absolute atomic E-state index is 3.61. The first kappa shape index (κ1) is 13.0. The number of anilines is 1. The Labute approximate surface area is 117 Å². The van der Waals surface area contributed by atoms with Gasteiger partial charge in [0.2, 0.25) is 0 Å². The lowest BCUT2D eigenvalue weighted by molar-refractivity contribution is 0.250. The lowest BCUT2D eigenvalue weighted by atomic mass is 9.73. The van der Waals surface area contributed by atoms with Crippen molar-refractivity contribution in [2.45, 2.75) is 64.8 Å². The van der Waals surface area contributed by atoms with Gasteiger partial charge in [-0.2, -0.15) is 0 Å². The van der Waals surface area contributed by atoms with E-state index in [0.717, 1.165) is 17.8 Å². The third kappa shape index (κ3) is 2.66. The summed E-state index contributed by atoms with van der Waals surface area (Å²) in [7, 11) is 0. The van der Waals surface area contributed by atoms with Crippen LogP contribution in [0, 0.1) is 11.8 Å². The summed E-state index contributed by atoms with van der Waals surface area (Å²) >= 11 is 0. The Kier molecular flexibility index (Phi) is 3.56. The molecule has 1 aromatic carbocycles. The zero-order valence-corrected chi connectivity index (χ0v) is 12.6. The monoisotopic (exact) mass is 257 g/mol. The van der Waals surface area contributed by atoms with Crippen LogP contribution in [0.3, 0.4) is 0 Å². The molecule has 104 valence electrons. The third-order valence-corrected chi connectivity index (χ3v) is 5.45. The molecule has 1 aromatic rings. The Morgan fingerprint density at radius 2 is 1.84 bits per heavy atom. The maximum atomic E-state index is 3.61. The normalized spacial score (nSPS) is 34.5. The number of hydrogen-bond donors (Lipinski definition) is 1. The van der Waals surface area contributed by atoms with Gasteiger partial charge < -0.3 is 5.32 Å². The number of hydrogen-bond acceptors (Lipinski definition) is 1. The van der Waals surface area contributed by atoms with Gasteiger partial charge in [-0.1, -0.05) is 26.0 Å². The van der Waals surface area contributed by atoms with Crippen LogP contribution in [-0.2, 0) is 6.42 Å². The van der Waals surface area contributed by atoms with Crippen LogP contribution in [0.5, 0.6) is 0 Å². The van der Waals surface area contributed by atoms with Gasteiger partial charge in [-0.15, -0.1) is 0 Å². The molecule has 0 aromatic heterocycles. The molecule has 0 amide bonds. The smallest absolute Gasteiger partial charge is 0.0374 e. The van der Waals surface area contributed by atoms with Crippen molar-refractivity contribution in [3.63, 3.8) is 0 Å². The Bertz CT molecular complexity index is 451. The molecule has 4 unspecified atom stereocenters. The molecule has 1 aliphatic heterocycles. The molecule has 0 bridgehead atoms. The number of nitrogens with one attached hydrogen (secondary N) is 1. The number of aryl methyl sites for hydroxylation is 1. The molecule has 4 atom stereocenters. The highest BCUT2D eigenvalue weighted by molar-refractivity contribution is 5.55. The molecule has 1 aliphatic carbocycles. The van der Waals surface area contributed by atoms with E-state index in [1.165, 1.54) is 37.8 Å². The average molecular weight is 257 g/mol. The lowest BCUT2D eigenvalue weighted by Gasteiger charge is -2.33. The van der Waals surface area contributed by atoms with E-state index in [9.17, 15) is 0 Å². The van der Waals surface area contributed by atoms with Crippen LogP contribution < -0.4 is 5.32 Å². The molecule has 1 N–H and O–H groups in total. The Hall–Kier alpha value is -0.980. The second-order valence-electron chi connectivity index (χ2n) is 6.97. The Morgan fingerprint density at radius 1 is 1.00 bits per heavy atom. The molecule has 0 saturated heterocycles. The highest BCUT2D eigenvalue weighted by atomic mass is 14.9. The molecule has 0 radical (unpaired) electrons. The van der Waals surface area contributed by atoms with Crippen molar-refractivity contribution in [2.75, 3.05) is 5.32 Å². The highest BCUT2D eigenvalue weighted by Crippen LogP contribution is 2.40. The summed E-state index contributed by atoms with van der Waals surface area (Å²) < 4.78 is 0. The molecular formula is C18H27N. The van der Waals surface area contributed by atoms with Crippen molar-refractivity contribution in [1.82, 2.24) is 0 Å². The van der Waals surface area contributed by atoms with Crippen molar-refractivity contribution < 1.29 is 0 Å². The van der Waals surface area contributed by atoms with E-state index >= 15 is 0 Å². The number of rotatable bonds is 1. The molecule has 19 heavy (non-hydrogen) atoms. The van der Waals surface area contributed by atoms with Crippen LogP contribution >= 0.6 is 0 Å². The van der Waals surface area contributed by atoms with Crippen molar-refractivity contribution >= 4 is 5.69 Å². The summed E-state index contributed by atoms with van der Waals surface area (Å²) in [6.45, 7) is 7.12. The fourth-order valence-electron chi connectivity index (χ4n) is 3.78. The van der Waals surface area contributed by atoms with E-state index in [0.29, 0.717) is 6.04 Å². The van der Waals surface area contributed by atoms with Crippen molar-refractivity contribution in [3.8, 4) is 0 Å². The van der Waals surface area contributed by atoms with E-state index in [1.54, 1.807) is 11.1 Å². The van der Waals surface area contributed by atoms with Gasteiger partial charge in [-0.05, 0) is 74.0 Å². The van der Waals surface area contributed by atoms with Gasteiger partial charge in [-0.3, -0.25) is 0 Å². The van der Waals surface area contributed by atoms with Crippen LogP contribution in [0.1, 0.15) is 63.5 Å². The minimum absolute atomic E-state index is 0.633. The minimum Gasteiger partial charge on any atom is -0.382 e. The maximum Gasteiger partial charge on any atom is 0.0374 e. The van der Waals surface area contributed by atoms with E-state index < -0.39 is 0 Å². The quantitative estimate of drug-likeness (QED) is 0.748. The van der Waals surface area contributed by atoms with Crippen molar-refractivity contribution in [3.05, 3.63) is 29.3 Å². The molecule has 1 nitrogen and oxygen atoms in total. The molecule has 1 heteroatoms. The highest BCUT2D eigenvalue weighted by Gasteiger charge is 2.26. The van der Waals surface area contributed by atoms with Crippen molar-refractivity contribution in [1.29, 1.82) is 0 Å². The predicted octanol–water partition coefficient (Wildman–Crippen LogP) is 4.97. The van der Waals surface area contributed by atoms with Gasteiger partial charge in [0, 0.05) is 11.7 Å². The summed E-state index contributed by atoms with van der Waals surface area (Å²) in [5, 5.41) is 3.61. The number of fused-ring (bicyclic) bond motifs is 1. The Balaban J connectivity index is 1.79. The van der Waals surface area contributed by atoms with E-state index in [1.807, 2.05) is 0 Å². The van der Waals surface area contributed by atoms with Gasteiger partial charge in [0.25, 0.3) is 0 Å². The van der Waals surface area contributed by atoms with Crippen molar-refractivity contribution in [2.24, 2.45) is 11.8 Å². The molecule has 1 fully saturated rings. The standard InChI is InChI=1S/C18H27N/c1-12-4-6-15(10-13(12)2)16-8-9-18-17(11-16)7-5-14(3)19-18/h8-9,11-15,19H,4-7,10H2,1-3H3. The fourth-order valence-corrected chi connectivity index (χ4v) is 3.78. The average Bonchev–Trinajstić information content (AvgIpc) is 2.41. The first-order valence-electron chi connectivity index (χ1n) is 8.03. The fraction of sp³-hybridized carbons (Fsp3) is 0.667. The third-order valence-electron chi connectivity index (χ3n) is 5.45. The van der Waals surface area contributed by atoms with Crippen LogP contribution in [-0.4, -0.2) is 6.04 Å². The number of benzene rings is 1. The lowest BCUT2D eigenvalue weighted by Crippen LogP contribution is -2.23. The molecule has 0 spiro atoms. The minimum atomic E-state index is 0.633. The van der Waals surface area contributed by atoms with Crippen LogP contribution in [0.15, 0.2) is 18.2 Å². The van der Waals surface area contributed by atoms with Gasteiger partial charge in [0.1, 0.15) is 0 Å². The van der Waals surface area contributed by atoms with Crippen LogP contribution in [0.25, 0.3) is 0 Å². The topological polar surface area (TPSA) is 12.0 Å². The Morgan fingerprint density at radius 3 is 2.63 bits per heavy atom. The summed E-state index contributed by atoms with van der Waals surface area (Å²) in [6, 6.07) is 7.82. The summed E-state index contributed by atoms with van der Waals surface area (Å²) in [5.74, 6) is 2.60. The van der Waals surface area contributed by atoms with E-state index in [2.05, 4.69) is 44.3 Å².